The Kier molecular flexibility index (Phi) is 4.16. The van der Waals surface area contributed by atoms with Gasteiger partial charge in [-0.15, -0.1) is 11.3 Å². The van der Waals surface area contributed by atoms with Gasteiger partial charge in [0.25, 0.3) is 0 Å². The zero-order chi connectivity index (χ0) is 13.8. The number of nitrogens with zero attached hydrogens (tertiary/aromatic N) is 1. The summed E-state index contributed by atoms with van der Waals surface area (Å²) in [5.74, 6) is 0. The molecule has 0 aliphatic heterocycles. The van der Waals surface area contributed by atoms with Crippen molar-refractivity contribution in [3.8, 4) is 0 Å². The van der Waals surface area contributed by atoms with Crippen LogP contribution in [0.15, 0.2) is 23.6 Å². The van der Waals surface area contributed by atoms with Crippen LogP contribution >= 0.6 is 11.3 Å². The zero-order valence-electron chi connectivity index (χ0n) is 11.3. The van der Waals surface area contributed by atoms with Crippen LogP contribution in [-0.2, 0) is 6.54 Å². The van der Waals surface area contributed by atoms with Gasteiger partial charge < -0.3 is 10.6 Å². The summed E-state index contributed by atoms with van der Waals surface area (Å²) in [6.07, 6.45) is 0. The molecule has 4 nitrogen and oxygen atoms in total. The van der Waals surface area contributed by atoms with E-state index in [2.05, 4.69) is 15.6 Å². The van der Waals surface area contributed by atoms with Gasteiger partial charge in [0.05, 0.1) is 6.54 Å². The monoisotopic (exact) mass is 275 g/mol. The van der Waals surface area contributed by atoms with Crippen molar-refractivity contribution in [3.63, 3.8) is 0 Å². The van der Waals surface area contributed by atoms with Crippen molar-refractivity contribution in [2.75, 3.05) is 5.32 Å². The molecule has 2 N–H and O–H groups in total. The van der Waals surface area contributed by atoms with Gasteiger partial charge in [0.15, 0.2) is 0 Å². The average Bonchev–Trinajstić information content (AvgIpc) is 2.77. The Morgan fingerprint density at radius 3 is 2.79 bits per heavy atom. The Labute approximate surface area is 116 Å². The van der Waals surface area contributed by atoms with E-state index in [0.717, 1.165) is 27.5 Å². The lowest BCUT2D eigenvalue weighted by Crippen LogP contribution is -2.28. The normalized spacial score (nSPS) is 10.3. The molecule has 0 radical (unpaired) electrons. The topological polar surface area (TPSA) is 54.0 Å². The van der Waals surface area contributed by atoms with E-state index >= 15 is 0 Å². The molecule has 0 aliphatic carbocycles. The highest BCUT2D eigenvalue weighted by atomic mass is 32.1. The molecule has 0 unspecified atom stereocenters. The van der Waals surface area contributed by atoms with Gasteiger partial charge in [0, 0.05) is 16.8 Å². The van der Waals surface area contributed by atoms with Crippen molar-refractivity contribution in [1.29, 1.82) is 0 Å². The highest BCUT2D eigenvalue weighted by molar-refractivity contribution is 7.09. The number of nitrogens with one attached hydrogen (secondary N) is 2. The average molecular weight is 275 g/mol. The predicted octanol–water partition coefficient (Wildman–Crippen LogP) is 3.39. The van der Waals surface area contributed by atoms with Crippen LogP contribution in [0.1, 0.15) is 21.8 Å². The van der Waals surface area contributed by atoms with Crippen LogP contribution in [0.5, 0.6) is 0 Å². The first-order valence-corrected chi connectivity index (χ1v) is 6.95. The Hall–Kier alpha value is -1.88. The van der Waals surface area contributed by atoms with Gasteiger partial charge >= 0.3 is 6.03 Å². The highest BCUT2D eigenvalue weighted by Crippen LogP contribution is 2.16. The lowest BCUT2D eigenvalue weighted by Gasteiger charge is -2.09. The van der Waals surface area contributed by atoms with Crippen molar-refractivity contribution in [1.82, 2.24) is 10.3 Å². The molecule has 0 aliphatic rings. The molecule has 0 fully saturated rings. The molecule has 0 bridgehead atoms. The maximum Gasteiger partial charge on any atom is 0.319 e. The summed E-state index contributed by atoms with van der Waals surface area (Å²) in [6.45, 7) is 6.37. The third-order valence-electron chi connectivity index (χ3n) is 2.71. The summed E-state index contributed by atoms with van der Waals surface area (Å²) in [6, 6.07) is 5.77. The van der Waals surface area contributed by atoms with Crippen LogP contribution in [0.25, 0.3) is 0 Å². The summed E-state index contributed by atoms with van der Waals surface area (Å²) in [7, 11) is 0. The summed E-state index contributed by atoms with van der Waals surface area (Å²) < 4.78 is 0. The maximum atomic E-state index is 11.8. The minimum absolute atomic E-state index is 0.207. The summed E-state index contributed by atoms with van der Waals surface area (Å²) in [5, 5.41) is 8.54. The second-order valence-electron chi connectivity index (χ2n) is 4.51. The first-order valence-electron chi connectivity index (χ1n) is 6.07. The number of carbonyl (C=O) groups excluding carboxylic acids is 1. The fraction of sp³-hybridized carbons (Fsp3) is 0.286. The van der Waals surface area contributed by atoms with Crippen molar-refractivity contribution >= 4 is 23.1 Å². The van der Waals surface area contributed by atoms with Gasteiger partial charge in [-0.05, 0) is 38.0 Å². The number of hydrogen-bond donors (Lipinski definition) is 2. The number of benzene rings is 1. The number of aryl methyl sites for hydroxylation is 3. The van der Waals surface area contributed by atoms with Gasteiger partial charge in [0.2, 0.25) is 0 Å². The zero-order valence-corrected chi connectivity index (χ0v) is 12.1. The molecule has 0 spiro atoms. The number of urea groups is 1. The lowest BCUT2D eigenvalue weighted by molar-refractivity contribution is 0.251. The van der Waals surface area contributed by atoms with Crippen molar-refractivity contribution in [3.05, 3.63) is 45.4 Å². The number of amides is 2. The third kappa shape index (κ3) is 3.79. The Morgan fingerprint density at radius 1 is 1.32 bits per heavy atom. The van der Waals surface area contributed by atoms with E-state index < -0.39 is 0 Å². The minimum Gasteiger partial charge on any atom is -0.331 e. The molecule has 2 amide bonds. The van der Waals surface area contributed by atoms with E-state index in [1.165, 1.54) is 0 Å². The van der Waals surface area contributed by atoms with Gasteiger partial charge in [-0.1, -0.05) is 12.1 Å². The largest absolute Gasteiger partial charge is 0.331 e. The highest BCUT2D eigenvalue weighted by Gasteiger charge is 2.05. The van der Waals surface area contributed by atoms with Gasteiger partial charge in [0.1, 0.15) is 5.01 Å². The number of hydrogen-bond acceptors (Lipinski definition) is 3. The molecule has 100 valence electrons. The summed E-state index contributed by atoms with van der Waals surface area (Å²) in [4.78, 5) is 16.1. The Balaban J connectivity index is 1.92. The van der Waals surface area contributed by atoms with Crippen LogP contribution in [0.4, 0.5) is 10.5 Å². The van der Waals surface area contributed by atoms with Gasteiger partial charge in [-0.2, -0.15) is 0 Å². The first-order chi connectivity index (χ1) is 9.04. The number of rotatable bonds is 3. The lowest BCUT2D eigenvalue weighted by atomic mass is 10.1. The summed E-state index contributed by atoms with van der Waals surface area (Å²) in [5.41, 5.74) is 3.99. The van der Waals surface area contributed by atoms with Crippen molar-refractivity contribution < 1.29 is 4.79 Å². The molecular formula is C14H17N3OS. The molecule has 2 rings (SSSR count). The molecule has 0 saturated carbocycles. The van der Waals surface area contributed by atoms with Crippen molar-refractivity contribution in [2.45, 2.75) is 27.3 Å². The smallest absolute Gasteiger partial charge is 0.319 e. The van der Waals surface area contributed by atoms with Crippen LogP contribution < -0.4 is 10.6 Å². The Morgan fingerprint density at radius 2 is 2.11 bits per heavy atom. The molecule has 5 heteroatoms. The molecule has 19 heavy (non-hydrogen) atoms. The summed E-state index contributed by atoms with van der Waals surface area (Å²) >= 11 is 1.55. The molecule has 0 atom stereocenters. The van der Waals surface area contributed by atoms with Crippen LogP contribution in [0, 0.1) is 20.8 Å². The van der Waals surface area contributed by atoms with E-state index in [0.29, 0.717) is 6.54 Å². The maximum absolute atomic E-state index is 11.8. The molecule has 1 heterocycles. The fourth-order valence-electron chi connectivity index (χ4n) is 1.68. The first kappa shape index (κ1) is 13.5. The van der Waals surface area contributed by atoms with Crippen molar-refractivity contribution in [2.24, 2.45) is 0 Å². The Bertz CT molecular complexity index is 592. The standard InChI is InChI=1S/C14H17N3OS/c1-9-4-5-10(2)12(6-9)17-14(18)15-7-13-16-11(3)8-19-13/h4-6,8H,7H2,1-3H3,(H2,15,17,18). The number of carbonyl (C=O) groups is 1. The van der Waals surface area contributed by atoms with Gasteiger partial charge in [-0.25, -0.2) is 9.78 Å². The van der Waals surface area contributed by atoms with E-state index in [4.69, 9.17) is 0 Å². The van der Waals surface area contributed by atoms with E-state index in [-0.39, 0.29) is 6.03 Å². The predicted molar refractivity (Wildman–Crippen MR) is 78.6 cm³/mol. The molecule has 0 saturated heterocycles. The SMILES string of the molecule is Cc1ccc(C)c(NC(=O)NCc2nc(C)cs2)c1. The number of aromatic nitrogens is 1. The third-order valence-corrected chi connectivity index (χ3v) is 3.67. The van der Waals surface area contributed by atoms with E-state index in [1.54, 1.807) is 11.3 Å². The molecule has 2 aromatic rings. The number of anilines is 1. The quantitative estimate of drug-likeness (QED) is 0.902. The van der Waals surface area contributed by atoms with Crippen LogP contribution in [0.3, 0.4) is 0 Å². The van der Waals surface area contributed by atoms with Crippen LogP contribution in [0.2, 0.25) is 0 Å². The van der Waals surface area contributed by atoms with Crippen LogP contribution in [-0.4, -0.2) is 11.0 Å². The van der Waals surface area contributed by atoms with E-state index in [1.807, 2.05) is 44.4 Å². The molecule has 1 aromatic heterocycles. The molecule has 1 aromatic carbocycles. The fourth-order valence-corrected chi connectivity index (χ4v) is 2.39. The minimum atomic E-state index is -0.207. The second kappa shape index (κ2) is 5.84. The number of thiazole rings is 1. The van der Waals surface area contributed by atoms with E-state index in [9.17, 15) is 4.79 Å². The molecular weight excluding hydrogens is 258 g/mol. The van der Waals surface area contributed by atoms with Gasteiger partial charge in [-0.3, -0.25) is 0 Å². The second-order valence-corrected chi connectivity index (χ2v) is 5.45.